The molecule has 0 amide bonds. The monoisotopic (exact) mass is 286 g/mol. The van der Waals surface area contributed by atoms with E-state index in [4.69, 9.17) is 14.6 Å². The van der Waals surface area contributed by atoms with Gasteiger partial charge in [0, 0.05) is 12.1 Å². The third-order valence-electron chi connectivity index (χ3n) is 2.77. The Kier molecular flexibility index (Phi) is 3.73. The molecule has 0 bridgehead atoms. The summed E-state index contributed by atoms with van der Waals surface area (Å²) in [5.41, 5.74) is 0.472. The quantitative estimate of drug-likeness (QED) is 0.911. The number of hydrogen-bond donors (Lipinski definition) is 1. The molecular weight excluding hydrogens is 274 g/mol. The van der Waals surface area contributed by atoms with Crippen molar-refractivity contribution in [1.82, 2.24) is 9.55 Å². The van der Waals surface area contributed by atoms with E-state index in [0.717, 1.165) is 4.57 Å². The second-order valence-corrected chi connectivity index (χ2v) is 3.95. The SMILES string of the molecule is COc1cc2nc(C(F)F)n(CC(=O)O)c2cc1OC. The Labute approximate surface area is 112 Å². The molecule has 2 aromatic rings. The Morgan fingerprint density at radius 2 is 1.95 bits per heavy atom. The molecule has 8 heteroatoms. The highest BCUT2D eigenvalue weighted by atomic mass is 19.3. The summed E-state index contributed by atoms with van der Waals surface area (Å²) < 4.78 is 37.0. The summed E-state index contributed by atoms with van der Waals surface area (Å²) in [7, 11) is 2.81. The van der Waals surface area contributed by atoms with Crippen LogP contribution < -0.4 is 9.47 Å². The molecule has 108 valence electrons. The molecule has 0 spiro atoms. The first-order chi connectivity index (χ1) is 9.47. The molecular formula is C12H12F2N2O4. The van der Waals surface area contributed by atoms with Crippen LogP contribution in [0.25, 0.3) is 11.0 Å². The maximum Gasteiger partial charge on any atom is 0.323 e. The maximum atomic E-state index is 12.9. The van der Waals surface area contributed by atoms with Crippen LogP contribution in [-0.4, -0.2) is 34.8 Å². The molecule has 20 heavy (non-hydrogen) atoms. The molecule has 2 rings (SSSR count). The summed E-state index contributed by atoms with van der Waals surface area (Å²) in [5.74, 6) is -1.19. The topological polar surface area (TPSA) is 73.6 Å². The van der Waals surface area contributed by atoms with Gasteiger partial charge >= 0.3 is 5.97 Å². The van der Waals surface area contributed by atoms with Gasteiger partial charge in [-0.1, -0.05) is 0 Å². The number of aromatic nitrogens is 2. The second kappa shape index (κ2) is 5.32. The Bertz CT molecular complexity index is 654. The Morgan fingerprint density at radius 1 is 1.35 bits per heavy atom. The van der Waals surface area contributed by atoms with Crippen LogP contribution in [0.3, 0.4) is 0 Å². The standard InChI is InChI=1S/C12H12F2N2O4/c1-19-8-3-6-7(4-9(8)20-2)16(5-10(17)18)12(15-6)11(13)14/h3-4,11H,5H2,1-2H3,(H,17,18). The van der Waals surface area contributed by atoms with Gasteiger partial charge in [0.2, 0.25) is 0 Å². The van der Waals surface area contributed by atoms with Crippen molar-refractivity contribution in [3.8, 4) is 11.5 Å². The summed E-state index contributed by atoms with van der Waals surface area (Å²) >= 11 is 0. The van der Waals surface area contributed by atoms with Gasteiger partial charge in [-0.2, -0.15) is 0 Å². The number of ether oxygens (including phenoxy) is 2. The second-order valence-electron chi connectivity index (χ2n) is 3.95. The maximum absolute atomic E-state index is 12.9. The summed E-state index contributed by atoms with van der Waals surface area (Å²) in [5, 5.41) is 8.83. The van der Waals surface area contributed by atoms with Gasteiger partial charge in [-0.15, -0.1) is 0 Å². The molecule has 0 radical (unpaired) electrons. The number of halogens is 2. The van der Waals surface area contributed by atoms with Crippen molar-refractivity contribution >= 4 is 17.0 Å². The third-order valence-corrected chi connectivity index (χ3v) is 2.77. The number of nitrogens with zero attached hydrogens (tertiary/aromatic N) is 2. The molecule has 0 aliphatic carbocycles. The van der Waals surface area contributed by atoms with E-state index in [-0.39, 0.29) is 11.0 Å². The zero-order valence-corrected chi connectivity index (χ0v) is 10.8. The lowest BCUT2D eigenvalue weighted by molar-refractivity contribution is -0.137. The minimum Gasteiger partial charge on any atom is -0.493 e. The third kappa shape index (κ3) is 2.36. The fourth-order valence-electron chi connectivity index (χ4n) is 1.94. The number of hydrogen-bond acceptors (Lipinski definition) is 4. The van der Waals surface area contributed by atoms with Crippen LogP contribution in [0.1, 0.15) is 12.2 Å². The minimum atomic E-state index is -2.88. The van der Waals surface area contributed by atoms with Gasteiger partial charge in [0.05, 0.1) is 25.3 Å². The average molecular weight is 286 g/mol. The molecule has 0 atom stereocenters. The largest absolute Gasteiger partial charge is 0.493 e. The van der Waals surface area contributed by atoms with E-state index in [1.54, 1.807) is 0 Å². The molecule has 0 fully saturated rings. The van der Waals surface area contributed by atoms with Gasteiger partial charge < -0.3 is 19.1 Å². The van der Waals surface area contributed by atoms with Gasteiger partial charge in [-0.25, -0.2) is 13.8 Å². The van der Waals surface area contributed by atoms with Gasteiger partial charge in [-0.3, -0.25) is 4.79 Å². The molecule has 0 aliphatic rings. The summed E-state index contributed by atoms with van der Waals surface area (Å²) in [6, 6.07) is 2.86. The van der Waals surface area contributed by atoms with Crippen LogP contribution >= 0.6 is 0 Å². The molecule has 0 saturated carbocycles. The first-order valence-corrected chi connectivity index (χ1v) is 5.60. The number of fused-ring (bicyclic) bond motifs is 1. The predicted molar refractivity (Wildman–Crippen MR) is 65.4 cm³/mol. The van der Waals surface area contributed by atoms with Crippen LogP contribution in [-0.2, 0) is 11.3 Å². The van der Waals surface area contributed by atoms with E-state index in [1.165, 1.54) is 26.4 Å². The Morgan fingerprint density at radius 3 is 2.45 bits per heavy atom. The first-order valence-electron chi connectivity index (χ1n) is 5.60. The molecule has 0 saturated heterocycles. The van der Waals surface area contributed by atoms with Gasteiger partial charge in [0.15, 0.2) is 17.3 Å². The van der Waals surface area contributed by atoms with Crippen molar-refractivity contribution in [1.29, 1.82) is 0 Å². The van der Waals surface area contributed by atoms with E-state index < -0.39 is 24.8 Å². The zero-order chi connectivity index (χ0) is 14.9. The lowest BCUT2D eigenvalue weighted by Crippen LogP contribution is -2.12. The molecule has 0 unspecified atom stereocenters. The predicted octanol–water partition coefficient (Wildman–Crippen LogP) is 2.08. The summed E-state index contributed by atoms with van der Waals surface area (Å²) in [4.78, 5) is 14.6. The lowest BCUT2D eigenvalue weighted by Gasteiger charge is -2.09. The van der Waals surface area contributed by atoms with Crippen molar-refractivity contribution in [3.05, 3.63) is 18.0 Å². The van der Waals surface area contributed by atoms with Crippen LogP contribution in [0.2, 0.25) is 0 Å². The fraction of sp³-hybridized carbons (Fsp3) is 0.333. The molecule has 1 N–H and O–H groups in total. The number of carboxylic acid groups (broad SMARTS) is 1. The van der Waals surface area contributed by atoms with Gasteiger partial charge in [-0.05, 0) is 0 Å². The molecule has 1 aromatic carbocycles. The van der Waals surface area contributed by atoms with Crippen molar-refractivity contribution < 1.29 is 28.2 Å². The van der Waals surface area contributed by atoms with E-state index in [2.05, 4.69) is 4.98 Å². The number of benzene rings is 1. The highest BCUT2D eigenvalue weighted by molar-refractivity contribution is 5.82. The number of carbonyl (C=O) groups is 1. The first kappa shape index (κ1) is 14.0. The number of alkyl halides is 2. The van der Waals surface area contributed by atoms with Crippen LogP contribution in [0.4, 0.5) is 8.78 Å². The molecule has 1 aromatic heterocycles. The number of carboxylic acids is 1. The number of aliphatic carboxylic acids is 1. The van der Waals surface area contributed by atoms with Gasteiger partial charge in [0.25, 0.3) is 6.43 Å². The fourth-order valence-corrected chi connectivity index (χ4v) is 1.94. The average Bonchev–Trinajstić information content (AvgIpc) is 2.74. The van der Waals surface area contributed by atoms with E-state index in [1.807, 2.05) is 0 Å². The Hall–Kier alpha value is -2.38. The van der Waals surface area contributed by atoms with Crippen molar-refractivity contribution in [3.63, 3.8) is 0 Å². The minimum absolute atomic E-state index is 0.221. The number of methoxy groups -OCH3 is 2. The smallest absolute Gasteiger partial charge is 0.323 e. The van der Waals surface area contributed by atoms with Crippen molar-refractivity contribution in [2.75, 3.05) is 14.2 Å². The lowest BCUT2D eigenvalue weighted by atomic mass is 10.2. The summed E-state index contributed by atoms with van der Waals surface area (Å²) in [6.07, 6.45) is -2.88. The van der Waals surface area contributed by atoms with E-state index in [0.29, 0.717) is 11.5 Å². The summed E-state index contributed by atoms with van der Waals surface area (Å²) in [6.45, 7) is -0.605. The molecule has 0 aliphatic heterocycles. The van der Waals surface area contributed by atoms with Crippen LogP contribution in [0.5, 0.6) is 11.5 Å². The number of imidazole rings is 1. The van der Waals surface area contributed by atoms with E-state index in [9.17, 15) is 13.6 Å². The highest BCUT2D eigenvalue weighted by Gasteiger charge is 2.22. The zero-order valence-electron chi connectivity index (χ0n) is 10.8. The van der Waals surface area contributed by atoms with Crippen LogP contribution in [0.15, 0.2) is 12.1 Å². The highest BCUT2D eigenvalue weighted by Crippen LogP contribution is 2.34. The van der Waals surface area contributed by atoms with Gasteiger partial charge in [0.1, 0.15) is 6.54 Å². The molecule has 6 nitrogen and oxygen atoms in total. The normalized spacial score (nSPS) is 11.1. The van der Waals surface area contributed by atoms with Crippen LogP contribution in [0, 0.1) is 0 Å². The Balaban J connectivity index is 2.71. The molecule has 1 heterocycles. The van der Waals surface area contributed by atoms with E-state index >= 15 is 0 Å². The number of rotatable bonds is 5. The van der Waals surface area contributed by atoms with Crippen molar-refractivity contribution in [2.24, 2.45) is 0 Å². The van der Waals surface area contributed by atoms with Crippen molar-refractivity contribution in [2.45, 2.75) is 13.0 Å².